The first-order valence-corrected chi connectivity index (χ1v) is 9.93. The number of aliphatic hydroxyl groups is 1. The third-order valence-corrected chi connectivity index (χ3v) is 7.44. The molecule has 3 rings (SSSR count). The van der Waals surface area contributed by atoms with Gasteiger partial charge in [0, 0.05) is 19.3 Å². The van der Waals surface area contributed by atoms with Gasteiger partial charge in [-0.15, -0.1) is 0 Å². The van der Waals surface area contributed by atoms with Crippen molar-refractivity contribution in [3.05, 3.63) is 23.8 Å². The average Bonchev–Trinajstić information content (AvgIpc) is 2.84. The van der Waals surface area contributed by atoms with Gasteiger partial charge < -0.3 is 9.84 Å². The van der Waals surface area contributed by atoms with Crippen LogP contribution in [0.4, 0.5) is 0 Å². The summed E-state index contributed by atoms with van der Waals surface area (Å²) >= 11 is 0. The quantitative estimate of drug-likeness (QED) is 0.604. The summed E-state index contributed by atoms with van der Waals surface area (Å²) in [5.74, 6) is 2.33. The first kappa shape index (κ1) is 18.7. The normalized spacial score (nSPS) is 41.0. The number of rotatable bonds is 3. The van der Waals surface area contributed by atoms with Crippen LogP contribution in [-0.4, -0.2) is 23.8 Å². The standard InChI is InChI=1S/C22H34O3/c1-13(2)18-6-7-19-17-10-16(12-23)11-20(25-15(4)24)21(17)14(3)8-9-22(18,19)5/h10,13,17-21,23H,3,6-9,11-12H2,1-2,4-5H3. The SMILES string of the molecule is C=C1CCC2(C)C(C(C)C)CCC2C2C=C(CO)CC(OC(C)=O)C12. The Balaban J connectivity index is 2.01. The average molecular weight is 347 g/mol. The monoisotopic (exact) mass is 346 g/mol. The van der Waals surface area contributed by atoms with Gasteiger partial charge in [-0.05, 0) is 60.3 Å². The van der Waals surface area contributed by atoms with Crippen LogP contribution in [0, 0.1) is 35.0 Å². The number of allylic oxidation sites excluding steroid dienone is 1. The van der Waals surface area contributed by atoms with Crippen molar-refractivity contribution in [3.8, 4) is 0 Å². The molecule has 3 heteroatoms. The lowest BCUT2D eigenvalue weighted by molar-refractivity contribution is -0.150. The molecular formula is C22H34O3. The van der Waals surface area contributed by atoms with Crippen LogP contribution in [0.5, 0.6) is 0 Å². The zero-order valence-electron chi connectivity index (χ0n) is 16.3. The Hall–Kier alpha value is -1.09. The first-order valence-electron chi connectivity index (χ1n) is 9.93. The van der Waals surface area contributed by atoms with Crippen LogP contribution in [0.15, 0.2) is 23.8 Å². The lowest BCUT2D eigenvalue weighted by Crippen LogP contribution is -2.41. The zero-order chi connectivity index (χ0) is 18.4. The number of hydrogen-bond donors (Lipinski definition) is 1. The molecule has 0 aromatic heterocycles. The lowest BCUT2D eigenvalue weighted by atomic mass is 9.62. The first-order chi connectivity index (χ1) is 11.8. The maximum absolute atomic E-state index is 11.7. The van der Waals surface area contributed by atoms with E-state index in [-0.39, 0.29) is 24.6 Å². The summed E-state index contributed by atoms with van der Waals surface area (Å²) < 4.78 is 5.72. The maximum Gasteiger partial charge on any atom is 0.302 e. The van der Waals surface area contributed by atoms with Gasteiger partial charge in [0.15, 0.2) is 0 Å². The van der Waals surface area contributed by atoms with E-state index >= 15 is 0 Å². The Labute approximate surface area is 152 Å². The van der Waals surface area contributed by atoms with E-state index in [4.69, 9.17) is 4.74 Å². The Kier molecular flexibility index (Phi) is 5.16. The van der Waals surface area contributed by atoms with Crippen LogP contribution >= 0.6 is 0 Å². The van der Waals surface area contributed by atoms with E-state index in [1.807, 2.05) is 0 Å². The zero-order valence-corrected chi connectivity index (χ0v) is 16.3. The molecule has 0 aliphatic heterocycles. The van der Waals surface area contributed by atoms with Gasteiger partial charge in [0.05, 0.1) is 6.61 Å². The van der Waals surface area contributed by atoms with Gasteiger partial charge >= 0.3 is 5.97 Å². The molecule has 3 nitrogen and oxygen atoms in total. The molecule has 0 aromatic carbocycles. The molecule has 0 heterocycles. The van der Waals surface area contributed by atoms with Crippen molar-refractivity contribution in [2.45, 2.75) is 65.9 Å². The number of esters is 1. The fourth-order valence-corrected chi connectivity index (χ4v) is 6.41. The van der Waals surface area contributed by atoms with Crippen molar-refractivity contribution in [2.24, 2.45) is 35.0 Å². The number of carbonyl (C=O) groups excluding carboxylic acids is 1. The van der Waals surface area contributed by atoms with Crippen LogP contribution in [0.2, 0.25) is 0 Å². The summed E-state index contributed by atoms with van der Waals surface area (Å²) in [6.07, 6.45) is 7.52. The molecule has 6 unspecified atom stereocenters. The van der Waals surface area contributed by atoms with Gasteiger partial charge in [0.1, 0.15) is 6.10 Å². The Morgan fingerprint density at radius 2 is 2.16 bits per heavy atom. The number of carbonyl (C=O) groups is 1. The lowest BCUT2D eigenvalue weighted by Gasteiger charge is -2.44. The maximum atomic E-state index is 11.7. The Morgan fingerprint density at radius 1 is 1.44 bits per heavy atom. The Bertz CT molecular complexity index is 576. The van der Waals surface area contributed by atoms with Gasteiger partial charge in [0.25, 0.3) is 0 Å². The number of hydrogen-bond acceptors (Lipinski definition) is 3. The Morgan fingerprint density at radius 3 is 2.76 bits per heavy atom. The highest BCUT2D eigenvalue weighted by Crippen LogP contribution is 2.61. The molecule has 0 spiro atoms. The van der Waals surface area contributed by atoms with Gasteiger partial charge in [-0.25, -0.2) is 0 Å². The molecule has 0 saturated heterocycles. The van der Waals surface area contributed by atoms with E-state index in [1.54, 1.807) is 0 Å². The topological polar surface area (TPSA) is 46.5 Å². The smallest absolute Gasteiger partial charge is 0.302 e. The summed E-state index contributed by atoms with van der Waals surface area (Å²) in [5.41, 5.74) is 2.58. The molecule has 140 valence electrons. The van der Waals surface area contributed by atoms with Gasteiger partial charge in [0.2, 0.25) is 0 Å². The van der Waals surface area contributed by atoms with Crippen LogP contribution in [0.25, 0.3) is 0 Å². The fourth-order valence-electron chi connectivity index (χ4n) is 6.41. The number of fused-ring (bicyclic) bond motifs is 3. The van der Waals surface area contributed by atoms with E-state index in [0.29, 0.717) is 29.6 Å². The molecule has 1 N–H and O–H groups in total. The van der Waals surface area contributed by atoms with Gasteiger partial charge in [-0.3, -0.25) is 4.79 Å². The van der Waals surface area contributed by atoms with Crippen LogP contribution in [0.3, 0.4) is 0 Å². The summed E-state index contributed by atoms with van der Waals surface area (Å²) in [7, 11) is 0. The molecule has 2 saturated carbocycles. The van der Waals surface area contributed by atoms with Crippen LogP contribution < -0.4 is 0 Å². The molecule has 2 fully saturated rings. The van der Waals surface area contributed by atoms with Crippen molar-refractivity contribution in [2.75, 3.05) is 6.61 Å². The second kappa shape index (κ2) is 6.90. The fraction of sp³-hybridized carbons (Fsp3) is 0.773. The van der Waals surface area contributed by atoms with Crippen molar-refractivity contribution >= 4 is 5.97 Å². The molecule has 25 heavy (non-hydrogen) atoms. The third kappa shape index (κ3) is 3.20. The molecule has 6 atom stereocenters. The van der Waals surface area contributed by atoms with E-state index in [0.717, 1.165) is 17.9 Å². The second-order valence-electron chi connectivity index (χ2n) is 9.14. The number of ether oxygens (including phenoxy) is 1. The van der Waals surface area contributed by atoms with Crippen molar-refractivity contribution in [1.82, 2.24) is 0 Å². The van der Waals surface area contributed by atoms with Crippen molar-refractivity contribution in [3.63, 3.8) is 0 Å². The van der Waals surface area contributed by atoms with E-state index < -0.39 is 0 Å². The minimum absolute atomic E-state index is 0.0600. The molecule has 0 bridgehead atoms. The summed E-state index contributed by atoms with van der Waals surface area (Å²) in [6.45, 7) is 13.1. The van der Waals surface area contributed by atoms with E-state index in [2.05, 4.69) is 33.4 Å². The summed E-state index contributed by atoms with van der Waals surface area (Å²) in [4.78, 5) is 11.7. The number of aliphatic hydroxyl groups excluding tert-OH is 1. The highest BCUT2D eigenvalue weighted by atomic mass is 16.5. The van der Waals surface area contributed by atoms with Crippen LogP contribution in [-0.2, 0) is 9.53 Å². The predicted octanol–water partition coefficient (Wildman–Crippen LogP) is 4.51. The van der Waals surface area contributed by atoms with Gasteiger partial charge in [-0.1, -0.05) is 39.0 Å². The van der Waals surface area contributed by atoms with Crippen LogP contribution in [0.1, 0.15) is 59.8 Å². The largest absolute Gasteiger partial charge is 0.462 e. The molecule has 0 radical (unpaired) electrons. The minimum atomic E-state index is -0.228. The van der Waals surface area contributed by atoms with Crippen molar-refractivity contribution in [1.29, 1.82) is 0 Å². The second-order valence-corrected chi connectivity index (χ2v) is 9.14. The molecular weight excluding hydrogens is 312 g/mol. The summed E-state index contributed by atoms with van der Waals surface area (Å²) in [5, 5.41) is 9.78. The minimum Gasteiger partial charge on any atom is -0.462 e. The molecule has 3 aliphatic rings. The molecule has 0 amide bonds. The summed E-state index contributed by atoms with van der Waals surface area (Å²) in [6, 6.07) is 0. The van der Waals surface area contributed by atoms with Crippen molar-refractivity contribution < 1.29 is 14.6 Å². The highest BCUT2D eigenvalue weighted by Gasteiger charge is 2.55. The molecule has 3 aliphatic carbocycles. The molecule has 0 aromatic rings. The highest BCUT2D eigenvalue weighted by molar-refractivity contribution is 5.66. The van der Waals surface area contributed by atoms with E-state index in [1.165, 1.54) is 31.8 Å². The predicted molar refractivity (Wildman–Crippen MR) is 99.9 cm³/mol. The van der Waals surface area contributed by atoms with E-state index in [9.17, 15) is 9.90 Å². The third-order valence-electron chi connectivity index (χ3n) is 7.44. The van der Waals surface area contributed by atoms with Gasteiger partial charge in [-0.2, -0.15) is 0 Å².